The summed E-state index contributed by atoms with van der Waals surface area (Å²) in [6.45, 7) is 4.61. The fourth-order valence-corrected chi connectivity index (χ4v) is 2.85. The molecule has 1 N–H and O–H groups in total. The van der Waals surface area contributed by atoms with E-state index < -0.39 is 0 Å². The molecule has 0 bridgehead atoms. The molecular weight excluding hydrogens is 241 g/mol. The molecule has 0 heterocycles. The van der Waals surface area contributed by atoms with Crippen LogP contribution in [-0.2, 0) is 0 Å². The van der Waals surface area contributed by atoms with Crippen molar-refractivity contribution in [1.29, 1.82) is 0 Å². The standard InChI is InChI=1S/C13H17Cl2N/c1-13(2)7-3-4-12(13)16-11-6-5-9(14)8-10(11)15/h5-6,8,12,16H,3-4,7H2,1-2H3. The van der Waals surface area contributed by atoms with Crippen molar-refractivity contribution in [2.75, 3.05) is 5.32 Å². The van der Waals surface area contributed by atoms with Crippen LogP contribution in [0.2, 0.25) is 10.0 Å². The minimum Gasteiger partial charge on any atom is -0.381 e. The van der Waals surface area contributed by atoms with Gasteiger partial charge in [-0.25, -0.2) is 0 Å². The quantitative estimate of drug-likeness (QED) is 0.788. The molecule has 1 aromatic carbocycles. The van der Waals surface area contributed by atoms with Crippen LogP contribution in [0.15, 0.2) is 18.2 Å². The molecule has 1 aromatic rings. The fourth-order valence-electron chi connectivity index (χ4n) is 2.39. The number of nitrogens with one attached hydrogen (secondary N) is 1. The Morgan fingerprint density at radius 1 is 1.31 bits per heavy atom. The lowest BCUT2D eigenvalue weighted by molar-refractivity contribution is 0.350. The summed E-state index contributed by atoms with van der Waals surface area (Å²) >= 11 is 12.0. The lowest BCUT2D eigenvalue weighted by Gasteiger charge is -2.29. The first-order valence-corrected chi connectivity index (χ1v) is 6.46. The van der Waals surface area contributed by atoms with E-state index in [1.54, 1.807) is 6.07 Å². The van der Waals surface area contributed by atoms with Crippen LogP contribution >= 0.6 is 23.2 Å². The van der Waals surface area contributed by atoms with E-state index in [-0.39, 0.29) is 0 Å². The largest absolute Gasteiger partial charge is 0.381 e. The molecule has 0 aromatic heterocycles. The molecule has 16 heavy (non-hydrogen) atoms. The van der Waals surface area contributed by atoms with Gasteiger partial charge in [0.05, 0.1) is 10.7 Å². The van der Waals surface area contributed by atoms with Crippen molar-refractivity contribution in [1.82, 2.24) is 0 Å². The Balaban J connectivity index is 2.15. The number of halogens is 2. The van der Waals surface area contributed by atoms with E-state index in [4.69, 9.17) is 23.2 Å². The second-order valence-corrected chi connectivity index (χ2v) is 6.05. The molecule has 1 fully saturated rings. The highest BCUT2D eigenvalue weighted by Crippen LogP contribution is 2.40. The molecule has 1 atom stereocenters. The average Bonchev–Trinajstić information content (AvgIpc) is 2.50. The Hall–Kier alpha value is -0.400. The molecule has 1 aliphatic carbocycles. The third-order valence-corrected chi connectivity index (χ3v) is 4.07. The van der Waals surface area contributed by atoms with Crippen molar-refractivity contribution in [3.8, 4) is 0 Å². The normalized spacial score (nSPS) is 23.4. The maximum absolute atomic E-state index is 6.15. The van der Waals surface area contributed by atoms with E-state index in [0.717, 1.165) is 5.69 Å². The van der Waals surface area contributed by atoms with Gasteiger partial charge in [0.1, 0.15) is 0 Å². The summed E-state index contributed by atoms with van der Waals surface area (Å²) in [4.78, 5) is 0. The predicted octanol–water partition coefficient (Wildman–Crippen LogP) is 4.98. The molecule has 0 saturated heterocycles. The van der Waals surface area contributed by atoms with Gasteiger partial charge >= 0.3 is 0 Å². The van der Waals surface area contributed by atoms with Crippen LogP contribution in [-0.4, -0.2) is 6.04 Å². The maximum atomic E-state index is 6.15. The Labute approximate surface area is 107 Å². The molecule has 0 aliphatic heterocycles. The van der Waals surface area contributed by atoms with Crippen LogP contribution in [0.3, 0.4) is 0 Å². The number of hydrogen-bond acceptors (Lipinski definition) is 1. The van der Waals surface area contributed by atoms with Gasteiger partial charge in [-0.3, -0.25) is 0 Å². The highest BCUT2D eigenvalue weighted by atomic mass is 35.5. The number of anilines is 1. The summed E-state index contributed by atoms with van der Waals surface area (Å²) in [5.41, 5.74) is 1.34. The Bertz CT molecular complexity index is 388. The van der Waals surface area contributed by atoms with Gasteiger partial charge in [-0.05, 0) is 36.5 Å². The highest BCUT2D eigenvalue weighted by Gasteiger charge is 2.34. The van der Waals surface area contributed by atoms with E-state index in [1.165, 1.54) is 19.3 Å². The highest BCUT2D eigenvalue weighted by molar-refractivity contribution is 6.36. The number of hydrogen-bond donors (Lipinski definition) is 1. The topological polar surface area (TPSA) is 12.0 Å². The molecule has 0 amide bonds. The first kappa shape index (κ1) is 12.1. The van der Waals surface area contributed by atoms with E-state index in [1.807, 2.05) is 12.1 Å². The molecule has 1 unspecified atom stereocenters. The second kappa shape index (κ2) is 4.46. The zero-order valence-electron chi connectivity index (χ0n) is 9.69. The Kier molecular flexibility index (Phi) is 3.37. The first-order valence-electron chi connectivity index (χ1n) is 5.71. The van der Waals surface area contributed by atoms with Gasteiger partial charge in [-0.1, -0.05) is 43.5 Å². The summed E-state index contributed by atoms with van der Waals surface area (Å²) in [7, 11) is 0. The molecule has 88 valence electrons. The van der Waals surface area contributed by atoms with Gasteiger partial charge in [0.25, 0.3) is 0 Å². The van der Waals surface area contributed by atoms with E-state index in [2.05, 4.69) is 19.2 Å². The zero-order chi connectivity index (χ0) is 11.8. The van der Waals surface area contributed by atoms with Gasteiger partial charge < -0.3 is 5.32 Å². The fraction of sp³-hybridized carbons (Fsp3) is 0.538. The summed E-state index contributed by atoms with van der Waals surface area (Å²) in [5, 5.41) is 4.92. The minimum absolute atomic E-state index is 0.350. The Morgan fingerprint density at radius 2 is 2.06 bits per heavy atom. The van der Waals surface area contributed by atoms with Gasteiger partial charge in [0, 0.05) is 11.1 Å². The van der Waals surface area contributed by atoms with E-state index in [0.29, 0.717) is 21.5 Å². The molecule has 0 spiro atoms. The summed E-state index contributed by atoms with van der Waals surface area (Å²) in [5.74, 6) is 0. The molecule has 1 saturated carbocycles. The van der Waals surface area contributed by atoms with Crippen molar-refractivity contribution in [2.24, 2.45) is 5.41 Å². The molecule has 0 radical (unpaired) electrons. The van der Waals surface area contributed by atoms with Crippen LogP contribution in [0, 0.1) is 5.41 Å². The Morgan fingerprint density at radius 3 is 2.62 bits per heavy atom. The van der Waals surface area contributed by atoms with Crippen molar-refractivity contribution in [2.45, 2.75) is 39.2 Å². The van der Waals surface area contributed by atoms with Crippen LogP contribution in [0.25, 0.3) is 0 Å². The zero-order valence-corrected chi connectivity index (χ0v) is 11.2. The van der Waals surface area contributed by atoms with Crippen LogP contribution in [0.1, 0.15) is 33.1 Å². The predicted molar refractivity (Wildman–Crippen MR) is 71.5 cm³/mol. The molecular formula is C13H17Cl2N. The van der Waals surface area contributed by atoms with E-state index in [9.17, 15) is 0 Å². The third-order valence-electron chi connectivity index (χ3n) is 3.52. The van der Waals surface area contributed by atoms with Crippen molar-refractivity contribution < 1.29 is 0 Å². The molecule has 1 nitrogen and oxygen atoms in total. The lowest BCUT2D eigenvalue weighted by Crippen LogP contribution is -2.30. The second-order valence-electron chi connectivity index (χ2n) is 5.20. The first-order chi connectivity index (χ1) is 7.49. The molecule has 3 heteroatoms. The summed E-state index contributed by atoms with van der Waals surface area (Å²) in [6, 6.07) is 6.12. The average molecular weight is 258 g/mol. The number of rotatable bonds is 2. The lowest BCUT2D eigenvalue weighted by atomic mass is 9.87. The van der Waals surface area contributed by atoms with Gasteiger partial charge in [0.2, 0.25) is 0 Å². The van der Waals surface area contributed by atoms with Gasteiger partial charge in [-0.15, -0.1) is 0 Å². The van der Waals surface area contributed by atoms with E-state index >= 15 is 0 Å². The van der Waals surface area contributed by atoms with Crippen LogP contribution < -0.4 is 5.32 Å². The van der Waals surface area contributed by atoms with Crippen molar-refractivity contribution in [3.63, 3.8) is 0 Å². The number of benzene rings is 1. The minimum atomic E-state index is 0.350. The van der Waals surface area contributed by atoms with Crippen LogP contribution in [0.4, 0.5) is 5.69 Å². The van der Waals surface area contributed by atoms with Crippen molar-refractivity contribution in [3.05, 3.63) is 28.2 Å². The summed E-state index contributed by atoms with van der Waals surface area (Å²) in [6.07, 6.45) is 3.78. The van der Waals surface area contributed by atoms with Crippen molar-refractivity contribution >= 4 is 28.9 Å². The summed E-state index contributed by atoms with van der Waals surface area (Å²) < 4.78 is 0. The van der Waals surface area contributed by atoms with Gasteiger partial charge in [-0.2, -0.15) is 0 Å². The third kappa shape index (κ3) is 2.46. The maximum Gasteiger partial charge on any atom is 0.0652 e. The monoisotopic (exact) mass is 257 g/mol. The van der Waals surface area contributed by atoms with Gasteiger partial charge in [0.15, 0.2) is 0 Å². The van der Waals surface area contributed by atoms with Crippen LogP contribution in [0.5, 0.6) is 0 Å². The molecule has 1 aliphatic rings. The SMILES string of the molecule is CC1(C)CCCC1Nc1ccc(Cl)cc1Cl. The molecule has 2 rings (SSSR count). The smallest absolute Gasteiger partial charge is 0.0652 e.